The Morgan fingerprint density at radius 1 is 1.35 bits per heavy atom. The van der Waals surface area contributed by atoms with E-state index >= 15 is 0 Å². The highest BCUT2D eigenvalue weighted by Gasteiger charge is 2.43. The number of piperidine rings is 1. The predicted molar refractivity (Wildman–Crippen MR) is 82.5 cm³/mol. The number of carbonyl (C=O) groups is 2. The molecule has 1 atom stereocenters. The Hall–Kier alpha value is -1.95. The summed E-state index contributed by atoms with van der Waals surface area (Å²) in [5.41, 5.74) is -0.128. The first kappa shape index (κ1) is 17.4. The van der Waals surface area contributed by atoms with Gasteiger partial charge in [0.05, 0.1) is 6.61 Å². The molecule has 1 heterocycles. The summed E-state index contributed by atoms with van der Waals surface area (Å²) in [6.07, 6.45) is 1.96. The molecule has 2 rings (SSSR count). The smallest absolute Gasteiger partial charge is 0.313 e. The van der Waals surface area contributed by atoms with Crippen molar-refractivity contribution in [2.75, 3.05) is 26.8 Å². The third-order valence-corrected chi connectivity index (χ3v) is 4.34. The molecule has 126 valence electrons. The zero-order valence-corrected chi connectivity index (χ0v) is 13.3. The van der Waals surface area contributed by atoms with Gasteiger partial charge in [0, 0.05) is 26.6 Å². The molecule has 23 heavy (non-hydrogen) atoms. The minimum Gasteiger partial charge on any atom is -0.481 e. The fourth-order valence-electron chi connectivity index (χ4n) is 3.04. The Balaban J connectivity index is 1.96. The number of halogens is 1. The van der Waals surface area contributed by atoms with E-state index in [0.717, 1.165) is 5.56 Å². The molecule has 1 aliphatic heterocycles. The summed E-state index contributed by atoms with van der Waals surface area (Å²) >= 11 is 0. The van der Waals surface area contributed by atoms with E-state index in [1.807, 2.05) is 0 Å². The van der Waals surface area contributed by atoms with E-state index in [-0.39, 0.29) is 31.3 Å². The summed E-state index contributed by atoms with van der Waals surface area (Å²) in [6, 6.07) is 6.06. The van der Waals surface area contributed by atoms with E-state index in [1.54, 1.807) is 17.0 Å². The van der Waals surface area contributed by atoms with Gasteiger partial charge in [0.1, 0.15) is 11.2 Å². The van der Waals surface area contributed by atoms with Crippen LogP contribution < -0.4 is 0 Å². The van der Waals surface area contributed by atoms with Crippen LogP contribution in [-0.4, -0.2) is 48.7 Å². The van der Waals surface area contributed by atoms with Crippen LogP contribution >= 0.6 is 0 Å². The Morgan fingerprint density at radius 2 is 2.04 bits per heavy atom. The Labute approximate surface area is 135 Å². The van der Waals surface area contributed by atoms with Crippen molar-refractivity contribution in [3.8, 4) is 0 Å². The minimum absolute atomic E-state index is 0.0734. The number of likely N-dealkylation sites (tertiary alicyclic amines) is 1. The fourth-order valence-corrected chi connectivity index (χ4v) is 3.04. The van der Waals surface area contributed by atoms with Crippen molar-refractivity contribution in [2.45, 2.75) is 25.7 Å². The molecule has 1 fully saturated rings. The van der Waals surface area contributed by atoms with Crippen LogP contribution in [0.25, 0.3) is 0 Å². The number of hydrogen-bond donors (Lipinski definition) is 1. The molecule has 0 aromatic heterocycles. The van der Waals surface area contributed by atoms with Gasteiger partial charge in [-0.25, -0.2) is 4.39 Å². The maximum absolute atomic E-state index is 12.9. The zero-order valence-electron chi connectivity index (χ0n) is 13.3. The molecule has 0 aliphatic carbocycles. The maximum atomic E-state index is 12.9. The van der Waals surface area contributed by atoms with Crippen molar-refractivity contribution in [1.29, 1.82) is 0 Å². The predicted octanol–water partition coefficient (Wildman–Crippen LogP) is 2.10. The molecule has 1 aromatic rings. The second-order valence-electron chi connectivity index (χ2n) is 6.06. The average molecular weight is 323 g/mol. The first-order valence-corrected chi connectivity index (χ1v) is 7.71. The van der Waals surface area contributed by atoms with Crippen LogP contribution in [0.15, 0.2) is 24.3 Å². The second-order valence-corrected chi connectivity index (χ2v) is 6.06. The number of amides is 1. The number of methoxy groups -OCH3 is 1. The number of hydrogen-bond acceptors (Lipinski definition) is 3. The lowest BCUT2D eigenvalue weighted by atomic mass is 9.80. The van der Waals surface area contributed by atoms with E-state index in [0.29, 0.717) is 25.8 Å². The fraction of sp³-hybridized carbons (Fsp3) is 0.529. The number of benzene rings is 1. The molecule has 0 bridgehead atoms. The van der Waals surface area contributed by atoms with Crippen LogP contribution in [0.5, 0.6) is 0 Å². The standard InChI is InChI=1S/C17H22FNO4/c1-23-12-17(16(21)22)9-2-10-19(11-17)15(20)8-5-13-3-6-14(18)7-4-13/h3-4,6-7H,2,5,8-12H2,1H3,(H,21,22). The first-order chi connectivity index (χ1) is 11.0. The summed E-state index contributed by atoms with van der Waals surface area (Å²) in [7, 11) is 1.47. The molecule has 6 heteroatoms. The van der Waals surface area contributed by atoms with Crippen molar-refractivity contribution in [3.63, 3.8) is 0 Å². The zero-order chi connectivity index (χ0) is 16.9. The number of carboxylic acid groups (broad SMARTS) is 1. The van der Waals surface area contributed by atoms with Crippen LogP contribution in [0.1, 0.15) is 24.8 Å². The number of carbonyl (C=O) groups excluding carboxylic acids is 1. The summed E-state index contributed by atoms with van der Waals surface area (Å²) < 4.78 is 17.9. The number of rotatable bonds is 6. The topological polar surface area (TPSA) is 66.8 Å². The highest BCUT2D eigenvalue weighted by atomic mass is 19.1. The monoisotopic (exact) mass is 323 g/mol. The largest absolute Gasteiger partial charge is 0.481 e. The molecule has 0 radical (unpaired) electrons. The Morgan fingerprint density at radius 3 is 2.65 bits per heavy atom. The van der Waals surface area contributed by atoms with Gasteiger partial charge >= 0.3 is 5.97 Å². The van der Waals surface area contributed by atoms with Gasteiger partial charge in [-0.05, 0) is 37.0 Å². The van der Waals surface area contributed by atoms with E-state index in [4.69, 9.17) is 4.74 Å². The molecule has 1 aliphatic rings. The Kier molecular flexibility index (Phi) is 5.71. The van der Waals surface area contributed by atoms with Crippen molar-refractivity contribution in [1.82, 2.24) is 4.90 Å². The normalized spacial score (nSPS) is 21.2. The van der Waals surface area contributed by atoms with Gasteiger partial charge in [-0.2, -0.15) is 0 Å². The number of aryl methyl sites for hydroxylation is 1. The van der Waals surface area contributed by atoms with Gasteiger partial charge < -0.3 is 14.7 Å². The molecule has 0 spiro atoms. The van der Waals surface area contributed by atoms with Crippen molar-refractivity contribution < 1.29 is 23.8 Å². The summed E-state index contributed by atoms with van der Waals surface area (Å²) in [5, 5.41) is 9.50. The van der Waals surface area contributed by atoms with E-state index in [1.165, 1.54) is 19.2 Å². The van der Waals surface area contributed by atoms with Gasteiger partial charge in [-0.15, -0.1) is 0 Å². The van der Waals surface area contributed by atoms with Gasteiger partial charge in [-0.3, -0.25) is 9.59 Å². The van der Waals surface area contributed by atoms with Gasteiger partial charge in [0.25, 0.3) is 0 Å². The second kappa shape index (κ2) is 7.55. The van der Waals surface area contributed by atoms with Crippen LogP contribution in [0.3, 0.4) is 0 Å². The van der Waals surface area contributed by atoms with Gasteiger partial charge in [0.2, 0.25) is 5.91 Å². The minimum atomic E-state index is -1.02. The number of ether oxygens (including phenoxy) is 1. The summed E-state index contributed by atoms with van der Waals surface area (Å²) in [6.45, 7) is 0.851. The first-order valence-electron chi connectivity index (χ1n) is 7.71. The molecular weight excluding hydrogens is 301 g/mol. The lowest BCUT2D eigenvalue weighted by Gasteiger charge is -2.39. The molecule has 5 nitrogen and oxygen atoms in total. The Bertz CT molecular complexity index is 556. The lowest BCUT2D eigenvalue weighted by Crippen LogP contribution is -2.52. The molecule has 1 saturated heterocycles. The SMILES string of the molecule is COCC1(C(=O)O)CCCN(C(=O)CCc2ccc(F)cc2)C1. The molecule has 0 saturated carbocycles. The third-order valence-electron chi connectivity index (χ3n) is 4.34. The van der Waals surface area contributed by atoms with Crippen LogP contribution in [0.2, 0.25) is 0 Å². The van der Waals surface area contributed by atoms with E-state index in [2.05, 4.69) is 0 Å². The van der Waals surface area contributed by atoms with Crippen molar-refractivity contribution in [3.05, 3.63) is 35.6 Å². The quantitative estimate of drug-likeness (QED) is 0.870. The summed E-state index contributed by atoms with van der Waals surface area (Å²) in [4.78, 5) is 25.6. The molecule has 1 aromatic carbocycles. The highest BCUT2D eigenvalue weighted by molar-refractivity contribution is 5.80. The summed E-state index contributed by atoms with van der Waals surface area (Å²) in [5.74, 6) is -1.30. The molecule has 1 amide bonds. The number of carboxylic acids is 1. The van der Waals surface area contributed by atoms with Crippen LogP contribution in [0.4, 0.5) is 4.39 Å². The molecule has 1 N–H and O–H groups in total. The molecular formula is C17H22FNO4. The highest BCUT2D eigenvalue weighted by Crippen LogP contribution is 2.31. The third kappa shape index (κ3) is 4.28. The van der Waals surface area contributed by atoms with Crippen LogP contribution in [0, 0.1) is 11.2 Å². The van der Waals surface area contributed by atoms with Crippen molar-refractivity contribution in [2.24, 2.45) is 5.41 Å². The van der Waals surface area contributed by atoms with Gasteiger partial charge in [-0.1, -0.05) is 12.1 Å². The molecule has 1 unspecified atom stereocenters. The van der Waals surface area contributed by atoms with E-state index < -0.39 is 11.4 Å². The maximum Gasteiger partial charge on any atom is 0.313 e. The lowest BCUT2D eigenvalue weighted by molar-refractivity contribution is -0.159. The number of aliphatic carboxylic acids is 1. The van der Waals surface area contributed by atoms with Crippen molar-refractivity contribution >= 4 is 11.9 Å². The van der Waals surface area contributed by atoms with Crippen LogP contribution in [-0.2, 0) is 20.7 Å². The van der Waals surface area contributed by atoms with E-state index in [9.17, 15) is 19.1 Å². The van der Waals surface area contributed by atoms with Gasteiger partial charge in [0.15, 0.2) is 0 Å². The number of nitrogens with zero attached hydrogens (tertiary/aromatic N) is 1. The average Bonchev–Trinajstić information content (AvgIpc) is 2.54.